The third-order valence-electron chi connectivity index (χ3n) is 4.67. The van der Waals surface area contributed by atoms with E-state index in [2.05, 4.69) is 22.4 Å². The molecule has 0 spiro atoms. The molecule has 0 saturated heterocycles. The molecule has 0 radical (unpaired) electrons. The second kappa shape index (κ2) is 6.88. The lowest BCUT2D eigenvalue weighted by molar-refractivity contribution is 0.102. The molecule has 5 nitrogen and oxygen atoms in total. The summed E-state index contributed by atoms with van der Waals surface area (Å²) in [5.74, 6) is 0.737. The third kappa shape index (κ3) is 3.20. The molecule has 1 amide bonds. The van der Waals surface area contributed by atoms with E-state index in [9.17, 15) is 4.79 Å². The maximum Gasteiger partial charge on any atom is 0.261 e. The van der Waals surface area contributed by atoms with Gasteiger partial charge in [0.1, 0.15) is 16.9 Å². The van der Waals surface area contributed by atoms with Crippen LogP contribution in [0.3, 0.4) is 0 Å². The van der Waals surface area contributed by atoms with Crippen LogP contribution in [0.25, 0.3) is 0 Å². The molecular formula is C20H19N3O2S. The zero-order valence-corrected chi connectivity index (χ0v) is 15.4. The van der Waals surface area contributed by atoms with E-state index < -0.39 is 0 Å². The predicted octanol–water partition coefficient (Wildman–Crippen LogP) is 4.27. The molecule has 132 valence electrons. The molecule has 1 aromatic heterocycles. The lowest BCUT2D eigenvalue weighted by Crippen LogP contribution is -2.14. The van der Waals surface area contributed by atoms with Gasteiger partial charge in [-0.15, -0.1) is 10.2 Å². The van der Waals surface area contributed by atoms with Crippen LogP contribution in [-0.2, 0) is 6.42 Å². The Balaban J connectivity index is 1.50. The number of carbonyl (C=O) groups is 1. The van der Waals surface area contributed by atoms with Crippen LogP contribution in [0, 0.1) is 0 Å². The summed E-state index contributed by atoms with van der Waals surface area (Å²) in [6.45, 7) is 4.13. The first kappa shape index (κ1) is 16.7. The van der Waals surface area contributed by atoms with E-state index in [-0.39, 0.29) is 17.9 Å². The second-order valence-corrected chi connectivity index (χ2v) is 7.52. The fraction of sp³-hybridized carbons (Fsp3) is 0.250. The Bertz CT molecular complexity index is 939. The highest BCUT2D eigenvalue weighted by Gasteiger charge is 2.31. The van der Waals surface area contributed by atoms with Crippen molar-refractivity contribution in [1.82, 2.24) is 10.2 Å². The molecule has 2 aromatic carbocycles. The summed E-state index contributed by atoms with van der Waals surface area (Å²) in [7, 11) is 0. The standard InChI is InChI=1S/C20H19N3O2S/c1-12-13(2)25-18-15(12)9-6-10-16(18)19(24)21-20-23-22-17(26-20)11-14-7-4-3-5-8-14/h3-10,12-13H,11H2,1-2H3,(H,21,23,24)/t12-,13+/m0/s1. The number of rotatable bonds is 4. The summed E-state index contributed by atoms with van der Waals surface area (Å²) in [6, 6.07) is 15.8. The van der Waals surface area contributed by atoms with Crippen molar-refractivity contribution in [2.45, 2.75) is 32.3 Å². The van der Waals surface area contributed by atoms with Crippen LogP contribution in [-0.4, -0.2) is 22.2 Å². The van der Waals surface area contributed by atoms with Gasteiger partial charge in [-0.3, -0.25) is 10.1 Å². The van der Waals surface area contributed by atoms with Gasteiger partial charge in [0.25, 0.3) is 5.91 Å². The average molecular weight is 365 g/mol. The van der Waals surface area contributed by atoms with Gasteiger partial charge in [-0.25, -0.2) is 0 Å². The number of nitrogens with zero attached hydrogens (tertiary/aromatic N) is 2. The van der Waals surface area contributed by atoms with E-state index in [1.807, 2.05) is 49.4 Å². The lowest BCUT2D eigenvalue weighted by atomic mass is 9.97. The number of hydrogen-bond donors (Lipinski definition) is 1. The Morgan fingerprint density at radius 2 is 1.92 bits per heavy atom. The van der Waals surface area contributed by atoms with Gasteiger partial charge < -0.3 is 4.74 Å². The van der Waals surface area contributed by atoms with Crippen molar-refractivity contribution in [3.8, 4) is 5.75 Å². The van der Waals surface area contributed by atoms with E-state index in [0.29, 0.717) is 22.9 Å². The van der Waals surface area contributed by atoms with Crippen molar-refractivity contribution in [2.75, 3.05) is 5.32 Å². The molecule has 0 saturated carbocycles. The van der Waals surface area contributed by atoms with E-state index in [1.54, 1.807) is 6.07 Å². The number of para-hydroxylation sites is 1. The van der Waals surface area contributed by atoms with Gasteiger partial charge in [-0.05, 0) is 18.6 Å². The number of nitrogens with one attached hydrogen (secondary N) is 1. The van der Waals surface area contributed by atoms with Crippen LogP contribution in [0.1, 0.15) is 46.3 Å². The Kier molecular flexibility index (Phi) is 4.42. The molecule has 26 heavy (non-hydrogen) atoms. The molecule has 1 aliphatic heterocycles. The van der Waals surface area contributed by atoms with Crippen molar-refractivity contribution in [3.63, 3.8) is 0 Å². The van der Waals surface area contributed by atoms with Crippen molar-refractivity contribution in [3.05, 3.63) is 70.2 Å². The number of anilines is 1. The number of benzene rings is 2. The Morgan fingerprint density at radius 3 is 2.73 bits per heavy atom. The van der Waals surface area contributed by atoms with Gasteiger partial charge in [-0.1, -0.05) is 60.7 Å². The molecule has 0 aliphatic carbocycles. The molecule has 0 fully saturated rings. The monoisotopic (exact) mass is 365 g/mol. The second-order valence-electron chi connectivity index (χ2n) is 6.45. The van der Waals surface area contributed by atoms with Crippen LogP contribution >= 0.6 is 11.3 Å². The molecule has 4 rings (SSSR count). The van der Waals surface area contributed by atoms with Crippen molar-refractivity contribution >= 4 is 22.4 Å². The SMILES string of the molecule is C[C@@H]1c2cccc(C(=O)Nc3nnc(Cc4ccccc4)s3)c2O[C@@H]1C. The van der Waals surface area contributed by atoms with Crippen molar-refractivity contribution in [1.29, 1.82) is 0 Å². The fourth-order valence-corrected chi connectivity index (χ4v) is 3.84. The first-order chi connectivity index (χ1) is 12.6. The first-order valence-electron chi connectivity index (χ1n) is 8.59. The highest BCUT2D eigenvalue weighted by atomic mass is 32.1. The number of fused-ring (bicyclic) bond motifs is 1. The first-order valence-corrected chi connectivity index (χ1v) is 9.40. The minimum absolute atomic E-state index is 0.0676. The van der Waals surface area contributed by atoms with E-state index in [4.69, 9.17) is 4.74 Å². The summed E-state index contributed by atoms with van der Waals surface area (Å²) < 4.78 is 5.90. The van der Waals surface area contributed by atoms with Gasteiger partial charge >= 0.3 is 0 Å². The minimum Gasteiger partial charge on any atom is -0.489 e. The van der Waals surface area contributed by atoms with Crippen molar-refractivity contribution in [2.24, 2.45) is 0 Å². The largest absolute Gasteiger partial charge is 0.489 e. The molecule has 0 bridgehead atoms. The molecular weight excluding hydrogens is 346 g/mol. The Morgan fingerprint density at radius 1 is 1.12 bits per heavy atom. The Labute approximate surface area is 156 Å². The topological polar surface area (TPSA) is 64.1 Å². The lowest BCUT2D eigenvalue weighted by Gasteiger charge is -2.08. The highest BCUT2D eigenvalue weighted by Crippen LogP contribution is 2.40. The normalized spacial score (nSPS) is 18.2. The number of hydrogen-bond acceptors (Lipinski definition) is 5. The number of amides is 1. The van der Waals surface area contributed by atoms with Crippen LogP contribution < -0.4 is 10.1 Å². The van der Waals surface area contributed by atoms with E-state index in [0.717, 1.165) is 10.6 Å². The highest BCUT2D eigenvalue weighted by molar-refractivity contribution is 7.15. The van der Waals surface area contributed by atoms with E-state index >= 15 is 0 Å². The molecule has 3 aromatic rings. The number of aromatic nitrogens is 2. The summed E-state index contributed by atoms with van der Waals surface area (Å²) in [5, 5.41) is 12.5. The maximum absolute atomic E-state index is 12.7. The Hall–Kier alpha value is -2.73. The summed E-state index contributed by atoms with van der Waals surface area (Å²) in [5.41, 5.74) is 2.78. The summed E-state index contributed by atoms with van der Waals surface area (Å²) in [6.07, 6.45) is 0.769. The van der Waals surface area contributed by atoms with Gasteiger partial charge in [-0.2, -0.15) is 0 Å². The molecule has 1 aliphatic rings. The molecule has 6 heteroatoms. The summed E-state index contributed by atoms with van der Waals surface area (Å²) >= 11 is 1.39. The molecule has 1 N–H and O–H groups in total. The van der Waals surface area contributed by atoms with Crippen LogP contribution in [0.5, 0.6) is 5.75 Å². The number of carbonyl (C=O) groups excluding carboxylic acids is 1. The van der Waals surface area contributed by atoms with Gasteiger partial charge in [0, 0.05) is 17.9 Å². The maximum atomic E-state index is 12.7. The number of ether oxygens (including phenoxy) is 1. The van der Waals surface area contributed by atoms with Gasteiger partial charge in [0.2, 0.25) is 5.13 Å². The van der Waals surface area contributed by atoms with Crippen LogP contribution in [0.4, 0.5) is 5.13 Å². The molecule has 2 atom stereocenters. The minimum atomic E-state index is -0.217. The fourth-order valence-electron chi connectivity index (χ4n) is 3.08. The smallest absolute Gasteiger partial charge is 0.261 e. The van der Waals surface area contributed by atoms with Crippen LogP contribution in [0.15, 0.2) is 48.5 Å². The third-order valence-corrected chi connectivity index (χ3v) is 5.51. The molecule has 0 unspecified atom stereocenters. The quantitative estimate of drug-likeness (QED) is 0.750. The van der Waals surface area contributed by atoms with Gasteiger partial charge in [0.05, 0.1) is 5.56 Å². The average Bonchev–Trinajstić information content (AvgIpc) is 3.20. The van der Waals surface area contributed by atoms with Crippen LogP contribution in [0.2, 0.25) is 0 Å². The zero-order chi connectivity index (χ0) is 18.1. The van der Waals surface area contributed by atoms with Gasteiger partial charge in [0.15, 0.2) is 0 Å². The summed E-state index contributed by atoms with van der Waals surface area (Å²) in [4.78, 5) is 12.7. The predicted molar refractivity (Wildman–Crippen MR) is 102 cm³/mol. The van der Waals surface area contributed by atoms with E-state index in [1.165, 1.54) is 16.9 Å². The van der Waals surface area contributed by atoms with Crippen molar-refractivity contribution < 1.29 is 9.53 Å². The zero-order valence-electron chi connectivity index (χ0n) is 14.6. The molecule has 2 heterocycles.